The van der Waals surface area contributed by atoms with Gasteiger partial charge in [-0.3, -0.25) is 4.79 Å². The first kappa shape index (κ1) is 19.6. The third kappa shape index (κ3) is 5.00. The summed E-state index contributed by atoms with van der Waals surface area (Å²) < 4.78 is 5.10. The molecule has 2 aromatic carbocycles. The van der Waals surface area contributed by atoms with Crippen LogP contribution >= 0.6 is 0 Å². The van der Waals surface area contributed by atoms with Crippen molar-refractivity contribution in [3.05, 3.63) is 84.3 Å². The summed E-state index contributed by atoms with van der Waals surface area (Å²) in [5.74, 6) is -0.0587. The second-order valence-corrected chi connectivity index (χ2v) is 7.23. The highest BCUT2D eigenvalue weighted by Crippen LogP contribution is 2.16. The minimum atomic E-state index is -0.310. The number of nitrogens with zero attached hydrogens (tertiary/aromatic N) is 1. The van der Waals surface area contributed by atoms with Gasteiger partial charge in [0.15, 0.2) is 5.76 Å². The van der Waals surface area contributed by atoms with Gasteiger partial charge in [-0.1, -0.05) is 30.3 Å². The van der Waals surface area contributed by atoms with Crippen LogP contribution in [0, 0.1) is 0 Å². The van der Waals surface area contributed by atoms with Crippen LogP contribution in [0.25, 0.3) is 0 Å². The molecule has 1 unspecified atom stereocenters. The lowest BCUT2D eigenvalue weighted by Gasteiger charge is -2.18. The Bertz CT molecular complexity index is 989. The summed E-state index contributed by atoms with van der Waals surface area (Å²) in [4.78, 5) is 26.5. The van der Waals surface area contributed by atoms with Gasteiger partial charge in [-0.15, -0.1) is 0 Å². The molecular formula is C23H24N4O3. The molecule has 7 nitrogen and oxygen atoms in total. The molecule has 3 aromatic rings. The SMILES string of the molecule is O=C(Nc1cccc(CNC(=O)N2CCC(Nc3ccccc3)C2)c1)c1ccco1. The molecule has 3 N–H and O–H groups in total. The second kappa shape index (κ2) is 9.17. The molecule has 0 aliphatic carbocycles. The van der Waals surface area contributed by atoms with E-state index in [0.29, 0.717) is 18.8 Å². The Balaban J connectivity index is 1.26. The quantitative estimate of drug-likeness (QED) is 0.581. The number of likely N-dealkylation sites (tertiary alicyclic amines) is 1. The third-order valence-corrected chi connectivity index (χ3v) is 4.99. The zero-order chi connectivity index (χ0) is 20.8. The Hall–Kier alpha value is -3.74. The van der Waals surface area contributed by atoms with Crippen molar-refractivity contribution in [2.75, 3.05) is 23.7 Å². The minimum Gasteiger partial charge on any atom is -0.459 e. The minimum absolute atomic E-state index is 0.0858. The Kier molecular flexibility index (Phi) is 5.98. The van der Waals surface area contributed by atoms with Gasteiger partial charge < -0.3 is 25.3 Å². The number of nitrogens with one attached hydrogen (secondary N) is 3. The molecule has 1 saturated heterocycles. The van der Waals surface area contributed by atoms with Crippen molar-refractivity contribution in [2.45, 2.75) is 19.0 Å². The molecular weight excluding hydrogens is 380 g/mol. The number of hydrogen-bond donors (Lipinski definition) is 3. The number of amides is 3. The van der Waals surface area contributed by atoms with E-state index in [4.69, 9.17) is 4.42 Å². The highest BCUT2D eigenvalue weighted by Gasteiger charge is 2.25. The topological polar surface area (TPSA) is 86.6 Å². The number of para-hydroxylation sites is 1. The first-order chi connectivity index (χ1) is 14.7. The van der Waals surface area contributed by atoms with Crippen LogP contribution in [-0.2, 0) is 6.54 Å². The Morgan fingerprint density at radius 2 is 1.83 bits per heavy atom. The summed E-state index contributed by atoms with van der Waals surface area (Å²) in [5.41, 5.74) is 2.62. The van der Waals surface area contributed by atoms with Crippen LogP contribution < -0.4 is 16.0 Å². The second-order valence-electron chi connectivity index (χ2n) is 7.23. The molecule has 2 heterocycles. The fourth-order valence-corrected chi connectivity index (χ4v) is 3.48. The maximum absolute atomic E-state index is 12.5. The zero-order valence-electron chi connectivity index (χ0n) is 16.5. The van der Waals surface area contributed by atoms with Crippen LogP contribution in [0.2, 0.25) is 0 Å². The summed E-state index contributed by atoms with van der Waals surface area (Å²) in [6.45, 7) is 1.77. The molecule has 1 aromatic heterocycles. The molecule has 154 valence electrons. The monoisotopic (exact) mass is 404 g/mol. The van der Waals surface area contributed by atoms with Crippen LogP contribution in [0.3, 0.4) is 0 Å². The Morgan fingerprint density at radius 3 is 2.63 bits per heavy atom. The number of rotatable bonds is 6. The number of hydrogen-bond acceptors (Lipinski definition) is 4. The number of benzene rings is 2. The number of urea groups is 1. The number of anilines is 2. The van der Waals surface area contributed by atoms with Crippen molar-refractivity contribution in [1.82, 2.24) is 10.2 Å². The predicted molar refractivity (Wildman–Crippen MR) is 115 cm³/mol. The van der Waals surface area contributed by atoms with E-state index in [1.807, 2.05) is 53.4 Å². The average molecular weight is 404 g/mol. The molecule has 3 amide bonds. The van der Waals surface area contributed by atoms with E-state index in [0.717, 1.165) is 24.2 Å². The molecule has 0 radical (unpaired) electrons. The smallest absolute Gasteiger partial charge is 0.317 e. The van der Waals surface area contributed by atoms with Gasteiger partial charge in [0.2, 0.25) is 0 Å². The molecule has 4 rings (SSSR count). The van der Waals surface area contributed by atoms with Gasteiger partial charge in [0, 0.05) is 37.1 Å². The van der Waals surface area contributed by atoms with Crippen LogP contribution in [0.1, 0.15) is 22.5 Å². The standard InChI is InChI=1S/C23H24N4O3/c28-22(21-10-5-13-30-21)26-19-9-4-6-17(14-19)15-24-23(29)27-12-11-20(16-27)25-18-7-2-1-3-8-18/h1-10,13-14,20,25H,11-12,15-16H2,(H,24,29)(H,26,28). The highest BCUT2D eigenvalue weighted by atomic mass is 16.3. The average Bonchev–Trinajstić information content (AvgIpc) is 3.46. The summed E-state index contributed by atoms with van der Waals surface area (Å²) in [5, 5.41) is 9.22. The normalized spacial score (nSPS) is 15.6. The maximum atomic E-state index is 12.5. The van der Waals surface area contributed by atoms with E-state index in [-0.39, 0.29) is 23.7 Å². The van der Waals surface area contributed by atoms with Crippen LogP contribution in [0.15, 0.2) is 77.4 Å². The lowest BCUT2D eigenvalue weighted by Crippen LogP contribution is -2.39. The number of carbonyl (C=O) groups is 2. The maximum Gasteiger partial charge on any atom is 0.317 e. The molecule has 1 aliphatic rings. The lowest BCUT2D eigenvalue weighted by molar-refractivity contribution is 0.0996. The van der Waals surface area contributed by atoms with Crippen molar-refractivity contribution in [3.8, 4) is 0 Å². The molecule has 1 aliphatic heterocycles. The molecule has 0 saturated carbocycles. The van der Waals surface area contributed by atoms with Gasteiger partial charge in [0.25, 0.3) is 5.91 Å². The van der Waals surface area contributed by atoms with Gasteiger partial charge in [-0.2, -0.15) is 0 Å². The van der Waals surface area contributed by atoms with Crippen LogP contribution in [0.4, 0.5) is 16.2 Å². The summed E-state index contributed by atoms with van der Waals surface area (Å²) in [7, 11) is 0. The molecule has 0 bridgehead atoms. The third-order valence-electron chi connectivity index (χ3n) is 4.99. The van der Waals surface area contributed by atoms with Gasteiger partial charge in [-0.05, 0) is 48.4 Å². The molecule has 30 heavy (non-hydrogen) atoms. The highest BCUT2D eigenvalue weighted by molar-refractivity contribution is 6.02. The van der Waals surface area contributed by atoms with Crippen LogP contribution in [-0.4, -0.2) is 36.0 Å². The van der Waals surface area contributed by atoms with Crippen molar-refractivity contribution in [3.63, 3.8) is 0 Å². The summed E-state index contributed by atoms with van der Waals surface area (Å²) in [6, 6.07) is 20.8. The van der Waals surface area contributed by atoms with Gasteiger partial charge in [0.05, 0.1) is 6.26 Å². The first-order valence-electron chi connectivity index (χ1n) is 9.95. The van der Waals surface area contributed by atoms with Crippen LogP contribution in [0.5, 0.6) is 0 Å². The number of furan rings is 1. The largest absolute Gasteiger partial charge is 0.459 e. The van der Waals surface area contributed by atoms with E-state index < -0.39 is 0 Å². The lowest BCUT2D eigenvalue weighted by atomic mass is 10.2. The number of carbonyl (C=O) groups excluding carboxylic acids is 2. The Morgan fingerprint density at radius 1 is 1.00 bits per heavy atom. The van der Waals surface area contributed by atoms with Gasteiger partial charge in [-0.25, -0.2) is 4.79 Å². The van der Waals surface area contributed by atoms with E-state index in [1.54, 1.807) is 18.2 Å². The van der Waals surface area contributed by atoms with E-state index in [9.17, 15) is 9.59 Å². The van der Waals surface area contributed by atoms with Gasteiger partial charge >= 0.3 is 6.03 Å². The van der Waals surface area contributed by atoms with E-state index in [1.165, 1.54) is 6.26 Å². The summed E-state index contributed by atoms with van der Waals surface area (Å²) in [6.07, 6.45) is 2.37. The van der Waals surface area contributed by atoms with Crippen molar-refractivity contribution in [1.29, 1.82) is 0 Å². The Labute approximate surface area is 175 Å². The molecule has 1 fully saturated rings. The first-order valence-corrected chi connectivity index (χ1v) is 9.95. The fraction of sp³-hybridized carbons (Fsp3) is 0.217. The molecule has 7 heteroatoms. The van der Waals surface area contributed by atoms with Crippen molar-refractivity contribution >= 4 is 23.3 Å². The summed E-state index contributed by atoms with van der Waals surface area (Å²) >= 11 is 0. The predicted octanol–water partition coefficient (Wildman–Crippen LogP) is 3.93. The van der Waals surface area contributed by atoms with E-state index >= 15 is 0 Å². The fourth-order valence-electron chi connectivity index (χ4n) is 3.48. The van der Waals surface area contributed by atoms with Crippen molar-refractivity contribution in [2.24, 2.45) is 0 Å². The van der Waals surface area contributed by atoms with Crippen molar-refractivity contribution < 1.29 is 14.0 Å². The van der Waals surface area contributed by atoms with E-state index in [2.05, 4.69) is 16.0 Å². The zero-order valence-corrected chi connectivity index (χ0v) is 16.5. The van der Waals surface area contributed by atoms with Gasteiger partial charge in [0.1, 0.15) is 0 Å². The molecule has 1 atom stereocenters. The molecule has 0 spiro atoms.